The Kier molecular flexibility index (Phi) is 6.21. The normalized spacial score (nSPS) is 18.9. The van der Waals surface area contributed by atoms with Crippen molar-refractivity contribution < 1.29 is 9.59 Å². The van der Waals surface area contributed by atoms with Crippen molar-refractivity contribution >= 4 is 33.6 Å². The molecule has 1 atom stereocenters. The summed E-state index contributed by atoms with van der Waals surface area (Å²) in [7, 11) is 1.79. The van der Waals surface area contributed by atoms with E-state index < -0.39 is 0 Å². The van der Waals surface area contributed by atoms with Crippen LogP contribution in [0.4, 0.5) is 0 Å². The van der Waals surface area contributed by atoms with Crippen LogP contribution in [0, 0.1) is 12.8 Å². The van der Waals surface area contributed by atoms with E-state index in [9.17, 15) is 9.59 Å². The number of benzene rings is 2. The summed E-state index contributed by atoms with van der Waals surface area (Å²) in [4.78, 5) is 37.1. The molecule has 1 N–H and O–H groups in total. The number of carbonyl (C=O) groups excluding carboxylic acids is 2. The van der Waals surface area contributed by atoms with Crippen LogP contribution in [-0.4, -0.2) is 58.3 Å². The minimum Gasteiger partial charge on any atom is -0.354 e. The summed E-state index contributed by atoms with van der Waals surface area (Å²) in [5.74, 6) is 0.828. The number of aromatic amines is 1. The summed E-state index contributed by atoms with van der Waals surface area (Å²) in [5.41, 5.74) is 8.29. The topological polar surface area (TPSA) is 69.3 Å². The van der Waals surface area contributed by atoms with Crippen LogP contribution in [0.3, 0.4) is 0 Å². The highest BCUT2D eigenvalue weighted by Crippen LogP contribution is 2.40. The maximum absolute atomic E-state index is 13.0. The smallest absolute Gasteiger partial charge is 0.227 e. The Balaban J connectivity index is 1.29. The highest BCUT2D eigenvalue weighted by molar-refractivity contribution is 6.00. The summed E-state index contributed by atoms with van der Waals surface area (Å²) in [5, 5.41) is 2.45. The number of aryl methyl sites for hydroxylation is 1. The van der Waals surface area contributed by atoms with E-state index in [2.05, 4.69) is 68.2 Å². The maximum atomic E-state index is 13.0. The molecule has 4 heterocycles. The van der Waals surface area contributed by atoms with Gasteiger partial charge in [-0.25, -0.2) is 0 Å². The van der Waals surface area contributed by atoms with Crippen molar-refractivity contribution in [3.63, 3.8) is 0 Å². The fourth-order valence-electron chi connectivity index (χ4n) is 6.53. The third-order valence-corrected chi connectivity index (χ3v) is 8.52. The SMILES string of the molecule is Cc1cc(-c2[nH]c3ccc(C4CCN(C(=O)C5CC(=O)N(C)C5)CC4)cc3c2C(C)C)c2ccccc2n1. The highest BCUT2D eigenvalue weighted by atomic mass is 16.2. The number of aromatic nitrogens is 2. The monoisotopic (exact) mass is 508 g/mol. The van der Waals surface area contributed by atoms with Crippen molar-refractivity contribution in [1.82, 2.24) is 19.8 Å². The highest BCUT2D eigenvalue weighted by Gasteiger charge is 2.36. The van der Waals surface area contributed by atoms with Crippen molar-refractivity contribution in [3.8, 4) is 11.3 Å². The van der Waals surface area contributed by atoms with Crippen molar-refractivity contribution in [2.75, 3.05) is 26.7 Å². The lowest BCUT2D eigenvalue weighted by Gasteiger charge is -2.33. The minimum atomic E-state index is -0.180. The second kappa shape index (κ2) is 9.57. The number of rotatable bonds is 4. The largest absolute Gasteiger partial charge is 0.354 e. The first-order valence-corrected chi connectivity index (χ1v) is 13.8. The number of nitrogens with zero attached hydrogens (tertiary/aromatic N) is 3. The Morgan fingerprint density at radius 1 is 1.05 bits per heavy atom. The molecule has 2 aromatic heterocycles. The van der Waals surface area contributed by atoms with E-state index in [1.54, 1.807) is 11.9 Å². The van der Waals surface area contributed by atoms with E-state index in [-0.39, 0.29) is 17.7 Å². The number of piperidine rings is 1. The summed E-state index contributed by atoms with van der Waals surface area (Å²) < 4.78 is 0. The van der Waals surface area contributed by atoms with Crippen LogP contribution in [0.5, 0.6) is 0 Å². The number of likely N-dealkylation sites (tertiary alicyclic amines) is 2. The number of hydrogen-bond acceptors (Lipinski definition) is 3. The third kappa shape index (κ3) is 4.26. The number of H-pyrrole nitrogens is 1. The van der Waals surface area contributed by atoms with Gasteiger partial charge in [0.2, 0.25) is 11.8 Å². The molecule has 0 spiro atoms. The lowest BCUT2D eigenvalue weighted by Crippen LogP contribution is -2.42. The van der Waals surface area contributed by atoms with Gasteiger partial charge in [0, 0.05) is 60.6 Å². The van der Waals surface area contributed by atoms with Gasteiger partial charge in [-0.05, 0) is 67.0 Å². The Labute approximate surface area is 224 Å². The number of hydrogen-bond donors (Lipinski definition) is 1. The molecule has 6 rings (SSSR count). The van der Waals surface area contributed by atoms with Crippen molar-refractivity contribution in [1.29, 1.82) is 0 Å². The molecule has 2 aromatic carbocycles. The van der Waals surface area contributed by atoms with Crippen LogP contribution in [-0.2, 0) is 9.59 Å². The molecule has 0 saturated carbocycles. The first-order chi connectivity index (χ1) is 18.3. The van der Waals surface area contributed by atoms with Gasteiger partial charge < -0.3 is 14.8 Å². The molecule has 38 heavy (non-hydrogen) atoms. The molecule has 2 aliphatic rings. The molecule has 2 fully saturated rings. The third-order valence-electron chi connectivity index (χ3n) is 8.52. The quantitative estimate of drug-likeness (QED) is 0.368. The molecule has 6 heteroatoms. The first kappa shape index (κ1) is 24.7. The van der Waals surface area contributed by atoms with E-state index in [1.165, 1.54) is 33.2 Å². The minimum absolute atomic E-state index is 0.0771. The van der Waals surface area contributed by atoms with Gasteiger partial charge in [0.1, 0.15) is 0 Å². The lowest BCUT2D eigenvalue weighted by atomic mass is 9.87. The molecule has 0 radical (unpaired) electrons. The Bertz CT molecular complexity index is 1540. The van der Waals surface area contributed by atoms with Gasteiger partial charge in [-0.3, -0.25) is 14.6 Å². The van der Waals surface area contributed by atoms with Crippen molar-refractivity contribution in [3.05, 3.63) is 65.4 Å². The Morgan fingerprint density at radius 2 is 1.82 bits per heavy atom. The molecule has 0 bridgehead atoms. The molecular weight excluding hydrogens is 472 g/mol. The fourth-order valence-corrected chi connectivity index (χ4v) is 6.53. The van der Waals surface area contributed by atoms with Gasteiger partial charge >= 0.3 is 0 Å². The van der Waals surface area contributed by atoms with E-state index in [0.29, 0.717) is 24.8 Å². The second-order valence-corrected chi connectivity index (χ2v) is 11.5. The molecule has 2 saturated heterocycles. The predicted octanol–water partition coefficient (Wildman–Crippen LogP) is 6.00. The van der Waals surface area contributed by atoms with Crippen molar-refractivity contribution in [2.24, 2.45) is 5.92 Å². The number of pyridine rings is 1. The van der Waals surface area contributed by atoms with Crippen LogP contribution in [0.15, 0.2) is 48.5 Å². The molecule has 4 aromatic rings. The molecule has 1 unspecified atom stereocenters. The zero-order valence-electron chi connectivity index (χ0n) is 22.8. The number of amides is 2. The number of nitrogens with one attached hydrogen (secondary N) is 1. The zero-order chi connectivity index (χ0) is 26.6. The second-order valence-electron chi connectivity index (χ2n) is 11.5. The summed E-state index contributed by atoms with van der Waals surface area (Å²) in [6, 6.07) is 17.4. The van der Waals surface area contributed by atoms with E-state index >= 15 is 0 Å². The maximum Gasteiger partial charge on any atom is 0.227 e. The van der Waals surface area contributed by atoms with E-state index in [1.807, 2.05) is 11.0 Å². The molecule has 196 valence electrons. The molecule has 6 nitrogen and oxygen atoms in total. The van der Waals surface area contributed by atoms with Crippen LogP contribution in [0.1, 0.15) is 61.8 Å². The van der Waals surface area contributed by atoms with Crippen LogP contribution in [0.2, 0.25) is 0 Å². The Hall–Kier alpha value is -3.67. The van der Waals surface area contributed by atoms with E-state index in [0.717, 1.165) is 42.7 Å². The Morgan fingerprint density at radius 3 is 2.53 bits per heavy atom. The summed E-state index contributed by atoms with van der Waals surface area (Å²) in [6.45, 7) is 8.66. The zero-order valence-corrected chi connectivity index (χ0v) is 22.8. The average molecular weight is 509 g/mol. The van der Waals surface area contributed by atoms with Crippen LogP contribution < -0.4 is 0 Å². The van der Waals surface area contributed by atoms with E-state index in [4.69, 9.17) is 4.98 Å². The first-order valence-electron chi connectivity index (χ1n) is 13.8. The summed E-state index contributed by atoms with van der Waals surface area (Å²) >= 11 is 0. The van der Waals surface area contributed by atoms with Crippen LogP contribution >= 0.6 is 0 Å². The fraction of sp³-hybridized carbons (Fsp3) is 0.406. The van der Waals surface area contributed by atoms with Crippen molar-refractivity contribution in [2.45, 2.75) is 51.9 Å². The van der Waals surface area contributed by atoms with Gasteiger partial charge in [-0.1, -0.05) is 38.1 Å². The molecule has 0 aliphatic carbocycles. The van der Waals surface area contributed by atoms with Gasteiger partial charge in [0.25, 0.3) is 0 Å². The van der Waals surface area contributed by atoms with Crippen LogP contribution in [0.25, 0.3) is 33.1 Å². The predicted molar refractivity (Wildman–Crippen MR) is 152 cm³/mol. The van der Waals surface area contributed by atoms with Gasteiger partial charge in [-0.15, -0.1) is 0 Å². The van der Waals surface area contributed by atoms with Gasteiger partial charge in [0.15, 0.2) is 0 Å². The average Bonchev–Trinajstić information content (AvgIpc) is 3.47. The summed E-state index contributed by atoms with van der Waals surface area (Å²) in [6.07, 6.45) is 2.26. The molecule has 2 amide bonds. The standard InChI is InChI=1S/C32H36N4O2/c1-19(2)30-26-16-22(21-11-13-36(14-12-21)32(38)23-17-29(37)35(4)18-23)9-10-28(26)34-31(30)25-15-20(3)33-27-8-6-5-7-24(25)27/h5-10,15-16,19,21,23,34H,11-14,17-18H2,1-4H3. The van der Waals surface area contributed by atoms with Gasteiger partial charge in [0.05, 0.1) is 17.1 Å². The number of para-hydroxylation sites is 1. The molecule has 2 aliphatic heterocycles. The number of carbonyl (C=O) groups is 2. The molecular formula is C32H36N4O2. The van der Waals surface area contributed by atoms with Gasteiger partial charge in [-0.2, -0.15) is 0 Å². The number of fused-ring (bicyclic) bond motifs is 2. The lowest BCUT2D eigenvalue weighted by molar-refractivity contribution is -0.136.